The van der Waals surface area contributed by atoms with E-state index in [1.54, 1.807) is 11.7 Å². The molecule has 7 heteroatoms. The molecule has 0 fully saturated rings. The average Bonchev–Trinajstić information content (AvgIpc) is 2.85. The van der Waals surface area contributed by atoms with Crippen molar-refractivity contribution in [1.29, 1.82) is 0 Å². The summed E-state index contributed by atoms with van der Waals surface area (Å²) in [5, 5.41) is 14.3. The van der Waals surface area contributed by atoms with Gasteiger partial charge < -0.3 is 15.7 Å². The predicted octanol–water partition coefficient (Wildman–Crippen LogP) is 2.08. The van der Waals surface area contributed by atoms with Crippen molar-refractivity contribution in [2.75, 3.05) is 6.54 Å². The first-order chi connectivity index (χ1) is 9.47. The van der Waals surface area contributed by atoms with Crippen LogP contribution in [0.2, 0.25) is 0 Å². The lowest BCUT2D eigenvalue weighted by Gasteiger charge is -2.17. The summed E-state index contributed by atoms with van der Waals surface area (Å²) >= 11 is 1.47. The van der Waals surface area contributed by atoms with E-state index >= 15 is 0 Å². The Kier molecular flexibility index (Phi) is 7.00. The van der Waals surface area contributed by atoms with Gasteiger partial charge in [0.05, 0.1) is 12.1 Å². The molecule has 1 rings (SSSR count). The first-order valence-corrected chi connectivity index (χ1v) is 7.46. The monoisotopic (exact) mass is 299 g/mol. The third-order valence-corrected chi connectivity index (χ3v) is 3.51. The van der Waals surface area contributed by atoms with E-state index in [4.69, 9.17) is 5.11 Å². The normalized spacial score (nSPS) is 12.2. The molecule has 20 heavy (non-hydrogen) atoms. The maximum absolute atomic E-state index is 11.6. The Morgan fingerprint density at radius 2 is 2.15 bits per heavy atom. The standard InChI is InChI=1S/C13H21N3O3S/c1-9(2)3-10(4-12(17)18)5-15-13(19)16-7-11-6-14-8-20-11/h6,8-10H,3-5,7H2,1-2H3,(H,17,18)(H2,15,16,19)/t10-/m0/s1. The second-order valence-electron chi connectivity index (χ2n) is 5.12. The number of nitrogens with zero attached hydrogens (tertiary/aromatic N) is 1. The van der Waals surface area contributed by atoms with Gasteiger partial charge in [-0.15, -0.1) is 11.3 Å². The fourth-order valence-corrected chi connectivity index (χ4v) is 2.48. The lowest BCUT2D eigenvalue weighted by Crippen LogP contribution is -2.38. The molecule has 0 aromatic carbocycles. The highest BCUT2D eigenvalue weighted by molar-refractivity contribution is 7.09. The van der Waals surface area contributed by atoms with Crippen molar-refractivity contribution in [2.24, 2.45) is 11.8 Å². The minimum absolute atomic E-state index is 0.0401. The van der Waals surface area contributed by atoms with Gasteiger partial charge in [-0.05, 0) is 18.3 Å². The van der Waals surface area contributed by atoms with E-state index in [9.17, 15) is 9.59 Å². The minimum atomic E-state index is -0.831. The van der Waals surface area contributed by atoms with Crippen LogP contribution in [0.4, 0.5) is 4.79 Å². The van der Waals surface area contributed by atoms with Gasteiger partial charge in [0.15, 0.2) is 0 Å². The summed E-state index contributed by atoms with van der Waals surface area (Å²) in [6.45, 7) is 4.89. The Balaban J connectivity index is 2.30. The van der Waals surface area contributed by atoms with E-state index in [1.807, 2.05) is 13.8 Å². The summed E-state index contributed by atoms with van der Waals surface area (Å²) in [6.07, 6.45) is 2.56. The van der Waals surface area contributed by atoms with Crippen LogP contribution in [0, 0.1) is 11.8 Å². The van der Waals surface area contributed by atoms with Crippen molar-refractivity contribution in [3.63, 3.8) is 0 Å². The van der Waals surface area contributed by atoms with Crippen LogP contribution in [0.1, 0.15) is 31.6 Å². The number of rotatable bonds is 8. The lowest BCUT2D eigenvalue weighted by atomic mass is 9.94. The smallest absolute Gasteiger partial charge is 0.315 e. The van der Waals surface area contributed by atoms with E-state index in [0.717, 1.165) is 11.3 Å². The number of aliphatic carboxylic acids is 1. The van der Waals surface area contributed by atoms with Crippen LogP contribution in [0.25, 0.3) is 0 Å². The molecular formula is C13H21N3O3S. The Morgan fingerprint density at radius 1 is 1.40 bits per heavy atom. The zero-order valence-corrected chi connectivity index (χ0v) is 12.6. The second-order valence-corrected chi connectivity index (χ2v) is 6.10. The molecule has 1 aromatic rings. The van der Waals surface area contributed by atoms with Crippen LogP contribution in [-0.4, -0.2) is 28.6 Å². The number of aromatic nitrogens is 1. The second kappa shape index (κ2) is 8.52. The van der Waals surface area contributed by atoms with Crippen molar-refractivity contribution in [3.8, 4) is 0 Å². The number of hydrogen-bond donors (Lipinski definition) is 3. The molecule has 0 bridgehead atoms. The first-order valence-electron chi connectivity index (χ1n) is 6.58. The molecular weight excluding hydrogens is 278 g/mol. The van der Waals surface area contributed by atoms with Crippen LogP contribution in [0.3, 0.4) is 0 Å². The highest BCUT2D eigenvalue weighted by atomic mass is 32.1. The molecule has 6 nitrogen and oxygen atoms in total. The molecule has 0 radical (unpaired) electrons. The number of thiazole rings is 1. The van der Waals surface area contributed by atoms with E-state index in [1.165, 1.54) is 11.3 Å². The van der Waals surface area contributed by atoms with Crippen molar-refractivity contribution >= 4 is 23.3 Å². The molecule has 0 aliphatic carbocycles. The van der Waals surface area contributed by atoms with Crippen LogP contribution < -0.4 is 10.6 Å². The molecule has 1 atom stereocenters. The fraction of sp³-hybridized carbons (Fsp3) is 0.615. The largest absolute Gasteiger partial charge is 0.481 e. The van der Waals surface area contributed by atoms with Crippen molar-refractivity contribution in [3.05, 3.63) is 16.6 Å². The summed E-state index contributed by atoms with van der Waals surface area (Å²) < 4.78 is 0. The van der Waals surface area contributed by atoms with Gasteiger partial charge in [-0.25, -0.2) is 4.79 Å². The molecule has 1 heterocycles. The Hall–Kier alpha value is -1.63. The SMILES string of the molecule is CC(C)C[C@H](CNC(=O)NCc1cncs1)CC(=O)O. The summed E-state index contributed by atoms with van der Waals surface area (Å²) in [7, 11) is 0. The molecule has 112 valence electrons. The topological polar surface area (TPSA) is 91.3 Å². The van der Waals surface area contributed by atoms with E-state index < -0.39 is 5.97 Å². The highest BCUT2D eigenvalue weighted by Gasteiger charge is 2.16. The molecule has 2 amide bonds. The minimum Gasteiger partial charge on any atom is -0.481 e. The number of carbonyl (C=O) groups excluding carboxylic acids is 1. The molecule has 0 spiro atoms. The quantitative estimate of drug-likeness (QED) is 0.685. The van der Waals surface area contributed by atoms with E-state index in [-0.39, 0.29) is 18.4 Å². The third-order valence-electron chi connectivity index (χ3n) is 2.73. The Labute approximate surface area is 122 Å². The molecule has 3 N–H and O–H groups in total. The summed E-state index contributed by atoms with van der Waals surface area (Å²) in [4.78, 5) is 27.3. The number of nitrogens with one attached hydrogen (secondary N) is 2. The number of amides is 2. The summed E-state index contributed by atoms with van der Waals surface area (Å²) in [5.74, 6) is -0.467. The first kappa shape index (κ1) is 16.4. The Bertz CT molecular complexity index is 421. The molecule has 0 saturated carbocycles. The van der Waals surface area contributed by atoms with Gasteiger partial charge in [0.25, 0.3) is 0 Å². The van der Waals surface area contributed by atoms with Gasteiger partial charge in [-0.1, -0.05) is 13.8 Å². The van der Waals surface area contributed by atoms with Crippen molar-refractivity contribution in [1.82, 2.24) is 15.6 Å². The van der Waals surface area contributed by atoms with Gasteiger partial charge >= 0.3 is 12.0 Å². The number of hydrogen-bond acceptors (Lipinski definition) is 4. The molecule has 0 saturated heterocycles. The number of carboxylic acid groups (broad SMARTS) is 1. The number of carboxylic acids is 1. The van der Waals surface area contributed by atoms with Crippen LogP contribution in [-0.2, 0) is 11.3 Å². The molecule has 1 aromatic heterocycles. The fourth-order valence-electron chi connectivity index (χ4n) is 1.95. The van der Waals surface area contributed by atoms with Gasteiger partial charge in [0, 0.05) is 24.0 Å². The lowest BCUT2D eigenvalue weighted by molar-refractivity contribution is -0.138. The molecule has 0 aliphatic rings. The highest BCUT2D eigenvalue weighted by Crippen LogP contribution is 2.14. The summed E-state index contributed by atoms with van der Waals surface area (Å²) in [6, 6.07) is -0.280. The van der Waals surface area contributed by atoms with Crippen molar-refractivity contribution < 1.29 is 14.7 Å². The Morgan fingerprint density at radius 3 is 2.70 bits per heavy atom. The van der Waals surface area contributed by atoms with Crippen LogP contribution >= 0.6 is 11.3 Å². The maximum Gasteiger partial charge on any atom is 0.315 e. The average molecular weight is 299 g/mol. The number of urea groups is 1. The van der Waals surface area contributed by atoms with Crippen LogP contribution in [0.15, 0.2) is 11.7 Å². The molecule has 0 aliphatic heterocycles. The van der Waals surface area contributed by atoms with Gasteiger partial charge in [-0.3, -0.25) is 9.78 Å². The summed E-state index contributed by atoms with van der Waals surface area (Å²) in [5.41, 5.74) is 1.71. The predicted molar refractivity (Wildman–Crippen MR) is 77.6 cm³/mol. The molecule has 0 unspecified atom stereocenters. The van der Waals surface area contributed by atoms with Crippen molar-refractivity contribution in [2.45, 2.75) is 33.2 Å². The van der Waals surface area contributed by atoms with E-state index in [2.05, 4.69) is 15.6 Å². The van der Waals surface area contributed by atoms with Gasteiger partial charge in [0.2, 0.25) is 0 Å². The van der Waals surface area contributed by atoms with Gasteiger partial charge in [-0.2, -0.15) is 0 Å². The third kappa shape index (κ3) is 7.08. The van der Waals surface area contributed by atoms with Gasteiger partial charge in [0.1, 0.15) is 0 Å². The zero-order valence-electron chi connectivity index (χ0n) is 11.8. The van der Waals surface area contributed by atoms with E-state index in [0.29, 0.717) is 19.0 Å². The maximum atomic E-state index is 11.6. The zero-order chi connectivity index (χ0) is 15.0. The van der Waals surface area contributed by atoms with Crippen LogP contribution in [0.5, 0.6) is 0 Å². The number of carbonyl (C=O) groups is 2.